The second kappa shape index (κ2) is 12.7. The summed E-state index contributed by atoms with van der Waals surface area (Å²) >= 11 is 0. The molecule has 0 radical (unpaired) electrons. The fourth-order valence-electron chi connectivity index (χ4n) is 2.30. The summed E-state index contributed by atoms with van der Waals surface area (Å²) in [5.74, 6) is -5.84. The van der Waals surface area contributed by atoms with Crippen LogP contribution in [0.5, 0.6) is 0 Å². The van der Waals surface area contributed by atoms with Gasteiger partial charge in [0.05, 0.1) is 18.8 Å². The maximum Gasteiger partial charge on any atom is 0.326 e. The van der Waals surface area contributed by atoms with Crippen molar-refractivity contribution in [3.05, 3.63) is 0 Å². The summed E-state index contributed by atoms with van der Waals surface area (Å²) in [6, 6.07) is -5.62. The molecule has 9 N–H and O–H groups in total. The molecule has 5 unspecified atom stereocenters. The van der Waals surface area contributed by atoms with E-state index in [1.807, 2.05) is 0 Å². The van der Waals surface area contributed by atoms with Crippen LogP contribution in [0.2, 0.25) is 0 Å². The first-order valence-corrected chi connectivity index (χ1v) is 9.22. The Balaban J connectivity index is 5.13. The van der Waals surface area contributed by atoms with Crippen molar-refractivity contribution < 1.29 is 44.4 Å². The Morgan fingerprint density at radius 1 is 0.867 bits per heavy atom. The average Bonchev–Trinajstić information content (AvgIpc) is 2.64. The normalized spacial score (nSPS) is 16.0. The van der Waals surface area contributed by atoms with Crippen LogP contribution in [-0.2, 0) is 24.0 Å². The van der Waals surface area contributed by atoms with Crippen LogP contribution in [0.25, 0.3) is 0 Å². The largest absolute Gasteiger partial charge is 0.481 e. The predicted molar refractivity (Wildman–Crippen MR) is 102 cm³/mol. The summed E-state index contributed by atoms with van der Waals surface area (Å²) < 4.78 is 0. The zero-order chi connectivity index (χ0) is 23.6. The van der Waals surface area contributed by atoms with E-state index in [0.717, 1.165) is 0 Å². The molecule has 0 saturated carbocycles. The molecule has 0 aromatic rings. The van der Waals surface area contributed by atoms with Crippen molar-refractivity contribution in [3.8, 4) is 0 Å². The number of nitrogens with two attached hydrogens (primary N) is 1. The van der Waals surface area contributed by atoms with Crippen LogP contribution in [0.1, 0.15) is 33.6 Å². The van der Waals surface area contributed by atoms with Crippen molar-refractivity contribution >= 4 is 29.7 Å². The molecular formula is C17H30N4O9. The second-order valence-electron chi connectivity index (χ2n) is 7.08. The van der Waals surface area contributed by atoms with Gasteiger partial charge in [-0.15, -0.1) is 0 Å². The van der Waals surface area contributed by atoms with E-state index in [9.17, 15) is 34.2 Å². The number of carboxylic acid groups (broad SMARTS) is 2. The number of amides is 3. The van der Waals surface area contributed by atoms with Gasteiger partial charge in [0.2, 0.25) is 17.7 Å². The van der Waals surface area contributed by atoms with Gasteiger partial charge in [-0.3, -0.25) is 19.2 Å². The molecule has 30 heavy (non-hydrogen) atoms. The molecule has 0 spiro atoms. The molecule has 0 rings (SSSR count). The molecular weight excluding hydrogens is 404 g/mol. The van der Waals surface area contributed by atoms with Crippen molar-refractivity contribution in [2.45, 2.75) is 63.9 Å². The first kappa shape index (κ1) is 27.2. The molecule has 13 heteroatoms. The lowest BCUT2D eigenvalue weighted by Gasteiger charge is -2.26. The first-order valence-electron chi connectivity index (χ1n) is 9.22. The van der Waals surface area contributed by atoms with Gasteiger partial charge in [0.1, 0.15) is 18.1 Å². The molecule has 172 valence electrons. The van der Waals surface area contributed by atoms with Crippen LogP contribution >= 0.6 is 0 Å². The Morgan fingerprint density at radius 3 is 1.80 bits per heavy atom. The fraction of sp³-hybridized carbons (Fsp3) is 0.706. The molecule has 0 aromatic carbocycles. The predicted octanol–water partition coefficient (Wildman–Crippen LogP) is -3.25. The summed E-state index contributed by atoms with van der Waals surface area (Å²) in [5.41, 5.74) is 5.53. The number of carboxylic acids is 2. The SMILES string of the molecule is CC(C)C(NC(=O)C(NC(=O)C(CO)NC(=O)C(N)CCC(=O)O)C(C)O)C(=O)O. The molecule has 0 saturated heterocycles. The molecule has 0 aliphatic carbocycles. The third kappa shape index (κ3) is 9.15. The molecule has 0 bridgehead atoms. The second-order valence-corrected chi connectivity index (χ2v) is 7.08. The van der Waals surface area contributed by atoms with E-state index < -0.39 is 72.5 Å². The lowest BCUT2D eigenvalue weighted by Crippen LogP contribution is -2.61. The highest BCUT2D eigenvalue weighted by Gasteiger charge is 2.33. The summed E-state index contributed by atoms with van der Waals surface area (Å²) in [7, 11) is 0. The van der Waals surface area contributed by atoms with Crippen LogP contribution in [0.3, 0.4) is 0 Å². The minimum absolute atomic E-state index is 0.203. The van der Waals surface area contributed by atoms with Crippen molar-refractivity contribution in [1.29, 1.82) is 0 Å². The maximum absolute atomic E-state index is 12.4. The Bertz CT molecular complexity index is 639. The van der Waals surface area contributed by atoms with E-state index in [4.69, 9.17) is 15.9 Å². The van der Waals surface area contributed by atoms with Crippen LogP contribution in [0, 0.1) is 5.92 Å². The lowest BCUT2D eigenvalue weighted by molar-refractivity contribution is -0.144. The van der Waals surface area contributed by atoms with E-state index in [0.29, 0.717) is 0 Å². The topological polar surface area (TPSA) is 228 Å². The molecule has 13 nitrogen and oxygen atoms in total. The number of hydrogen-bond donors (Lipinski definition) is 8. The van der Waals surface area contributed by atoms with Crippen LogP contribution in [0.15, 0.2) is 0 Å². The first-order chi connectivity index (χ1) is 13.8. The molecule has 3 amide bonds. The molecule has 5 atom stereocenters. The van der Waals surface area contributed by atoms with Crippen molar-refractivity contribution in [2.75, 3.05) is 6.61 Å². The van der Waals surface area contributed by atoms with Gasteiger partial charge in [-0.25, -0.2) is 4.79 Å². The number of aliphatic hydroxyl groups excluding tert-OH is 2. The molecule has 0 fully saturated rings. The van der Waals surface area contributed by atoms with Crippen LogP contribution in [0.4, 0.5) is 0 Å². The highest BCUT2D eigenvalue weighted by atomic mass is 16.4. The summed E-state index contributed by atoms with van der Waals surface area (Å²) in [5, 5.41) is 43.4. The minimum Gasteiger partial charge on any atom is -0.481 e. The van der Waals surface area contributed by atoms with Gasteiger partial charge >= 0.3 is 11.9 Å². The van der Waals surface area contributed by atoms with Gasteiger partial charge in [-0.2, -0.15) is 0 Å². The highest BCUT2D eigenvalue weighted by molar-refractivity contribution is 5.94. The van der Waals surface area contributed by atoms with Gasteiger partial charge in [-0.1, -0.05) is 13.8 Å². The van der Waals surface area contributed by atoms with Crippen LogP contribution < -0.4 is 21.7 Å². The zero-order valence-electron chi connectivity index (χ0n) is 17.0. The highest BCUT2D eigenvalue weighted by Crippen LogP contribution is 2.04. The van der Waals surface area contributed by atoms with Crippen LogP contribution in [-0.4, -0.2) is 87.0 Å². The van der Waals surface area contributed by atoms with Crippen molar-refractivity contribution in [3.63, 3.8) is 0 Å². The summed E-state index contributed by atoms with van der Waals surface area (Å²) in [6.07, 6.45) is -2.01. The monoisotopic (exact) mass is 434 g/mol. The number of rotatable bonds is 13. The van der Waals surface area contributed by atoms with Gasteiger partial charge in [-0.05, 0) is 19.3 Å². The minimum atomic E-state index is -1.57. The third-order valence-corrected chi connectivity index (χ3v) is 4.11. The fourth-order valence-corrected chi connectivity index (χ4v) is 2.30. The molecule has 0 aromatic heterocycles. The Hall–Kier alpha value is -2.77. The van der Waals surface area contributed by atoms with Crippen molar-refractivity contribution in [2.24, 2.45) is 11.7 Å². The summed E-state index contributed by atoms with van der Waals surface area (Å²) in [6.45, 7) is 3.42. The number of aliphatic carboxylic acids is 2. The van der Waals surface area contributed by atoms with E-state index in [-0.39, 0.29) is 12.8 Å². The Labute approximate surface area is 173 Å². The Kier molecular flexibility index (Phi) is 11.5. The van der Waals surface area contributed by atoms with Gasteiger partial charge in [0, 0.05) is 6.42 Å². The lowest BCUT2D eigenvalue weighted by atomic mass is 10.0. The van der Waals surface area contributed by atoms with Gasteiger partial charge in [0.25, 0.3) is 0 Å². The van der Waals surface area contributed by atoms with Crippen molar-refractivity contribution in [1.82, 2.24) is 16.0 Å². The van der Waals surface area contributed by atoms with E-state index >= 15 is 0 Å². The smallest absolute Gasteiger partial charge is 0.326 e. The standard InChI is InChI=1S/C17H30N4O9/c1-7(2)12(17(29)30)20-16(28)13(8(3)23)21-15(27)10(6-22)19-14(26)9(18)4-5-11(24)25/h7-10,12-13,22-23H,4-6,18H2,1-3H3,(H,19,26)(H,20,28)(H,21,27)(H,24,25)(H,29,30). The molecule has 0 heterocycles. The van der Waals surface area contributed by atoms with E-state index in [1.165, 1.54) is 6.92 Å². The zero-order valence-corrected chi connectivity index (χ0v) is 17.0. The number of nitrogens with one attached hydrogen (secondary N) is 3. The molecule has 0 aliphatic heterocycles. The van der Waals surface area contributed by atoms with E-state index in [2.05, 4.69) is 16.0 Å². The van der Waals surface area contributed by atoms with Gasteiger partial charge in [0.15, 0.2) is 0 Å². The summed E-state index contributed by atoms with van der Waals surface area (Å²) in [4.78, 5) is 58.4. The number of carbonyl (C=O) groups excluding carboxylic acids is 3. The maximum atomic E-state index is 12.4. The Morgan fingerprint density at radius 2 is 1.40 bits per heavy atom. The number of carbonyl (C=O) groups is 5. The van der Waals surface area contributed by atoms with Gasteiger partial charge < -0.3 is 42.1 Å². The quantitative estimate of drug-likeness (QED) is 0.144. The number of aliphatic hydroxyl groups is 2. The number of hydrogen-bond acceptors (Lipinski definition) is 8. The molecule has 0 aliphatic rings. The van der Waals surface area contributed by atoms with E-state index in [1.54, 1.807) is 13.8 Å². The third-order valence-electron chi connectivity index (χ3n) is 4.11. The average molecular weight is 434 g/mol.